The molecule has 1 fully saturated rings. The molecular weight excluding hydrogens is 428 g/mol. The highest BCUT2D eigenvalue weighted by molar-refractivity contribution is 5.76. The van der Waals surface area contributed by atoms with Gasteiger partial charge in [-0.25, -0.2) is 13.5 Å². The van der Waals surface area contributed by atoms with E-state index in [1.807, 2.05) is 44.2 Å². The molecule has 3 aromatic rings. The van der Waals surface area contributed by atoms with Crippen LogP contribution in [0.4, 0.5) is 8.78 Å². The third-order valence-corrected chi connectivity index (χ3v) is 5.69. The molecule has 1 atom stereocenters. The Kier molecular flexibility index (Phi) is 7.03. The first kappa shape index (κ1) is 22.9. The van der Waals surface area contributed by atoms with Crippen molar-refractivity contribution in [2.24, 2.45) is 0 Å². The van der Waals surface area contributed by atoms with Gasteiger partial charge in [-0.2, -0.15) is 5.10 Å². The number of hydrogen-bond donors (Lipinski definition) is 0. The van der Waals surface area contributed by atoms with Gasteiger partial charge in [0.05, 0.1) is 29.6 Å². The molecule has 1 aromatic heterocycles. The van der Waals surface area contributed by atoms with Gasteiger partial charge in [0.25, 0.3) is 0 Å². The summed E-state index contributed by atoms with van der Waals surface area (Å²) in [5, 5.41) is 4.62. The molecule has 0 saturated carbocycles. The van der Waals surface area contributed by atoms with Crippen LogP contribution in [0.5, 0.6) is 11.6 Å². The normalized spacial score (nSPS) is 15.6. The maximum Gasteiger partial charge on any atom is 0.228 e. The van der Waals surface area contributed by atoms with E-state index in [0.29, 0.717) is 30.8 Å². The lowest BCUT2D eigenvalue weighted by atomic mass is 10.2. The second kappa shape index (κ2) is 10.1. The molecule has 33 heavy (non-hydrogen) atoms. The Morgan fingerprint density at radius 2 is 2.03 bits per heavy atom. The van der Waals surface area contributed by atoms with Gasteiger partial charge in [-0.3, -0.25) is 4.79 Å². The number of aromatic nitrogens is 2. The SMILES string of the molecule is CCC(=O)N(Cc1c(C)nn(-c2ccccc2)c1Oc1ccc(F)cc1F)CC1CCCO1. The van der Waals surface area contributed by atoms with Gasteiger partial charge in [-0.1, -0.05) is 25.1 Å². The summed E-state index contributed by atoms with van der Waals surface area (Å²) in [6.45, 7) is 5.04. The molecule has 1 unspecified atom stereocenters. The number of para-hydroxylation sites is 1. The minimum Gasteiger partial charge on any atom is -0.435 e. The lowest BCUT2D eigenvalue weighted by Crippen LogP contribution is -2.36. The Morgan fingerprint density at radius 1 is 1.24 bits per heavy atom. The molecule has 1 aliphatic heterocycles. The smallest absolute Gasteiger partial charge is 0.228 e. The predicted molar refractivity (Wildman–Crippen MR) is 119 cm³/mol. The van der Waals surface area contributed by atoms with Crippen molar-refractivity contribution in [2.45, 2.75) is 45.8 Å². The first-order valence-electron chi connectivity index (χ1n) is 11.1. The van der Waals surface area contributed by atoms with Crippen LogP contribution in [0.3, 0.4) is 0 Å². The minimum absolute atomic E-state index is 0.0103. The zero-order valence-corrected chi connectivity index (χ0v) is 18.8. The molecule has 6 nitrogen and oxygen atoms in total. The number of benzene rings is 2. The molecule has 0 radical (unpaired) electrons. The minimum atomic E-state index is -0.819. The average molecular weight is 456 g/mol. The first-order valence-corrected chi connectivity index (χ1v) is 11.1. The summed E-state index contributed by atoms with van der Waals surface area (Å²) in [5.74, 6) is -1.37. The average Bonchev–Trinajstić information content (AvgIpc) is 3.43. The second-order valence-corrected chi connectivity index (χ2v) is 8.06. The Morgan fingerprint density at radius 3 is 2.70 bits per heavy atom. The van der Waals surface area contributed by atoms with E-state index in [9.17, 15) is 13.6 Å². The van der Waals surface area contributed by atoms with E-state index in [-0.39, 0.29) is 30.2 Å². The largest absolute Gasteiger partial charge is 0.435 e. The molecule has 2 heterocycles. The highest BCUT2D eigenvalue weighted by Gasteiger charge is 2.27. The maximum absolute atomic E-state index is 14.4. The van der Waals surface area contributed by atoms with Gasteiger partial charge < -0.3 is 14.4 Å². The Balaban J connectivity index is 1.74. The second-order valence-electron chi connectivity index (χ2n) is 8.06. The number of carbonyl (C=O) groups excluding carboxylic acids is 1. The van der Waals surface area contributed by atoms with E-state index in [1.165, 1.54) is 6.07 Å². The molecule has 1 saturated heterocycles. The number of rotatable bonds is 8. The van der Waals surface area contributed by atoms with E-state index in [4.69, 9.17) is 9.47 Å². The van der Waals surface area contributed by atoms with Gasteiger partial charge in [0.2, 0.25) is 11.8 Å². The van der Waals surface area contributed by atoms with Crippen LogP contribution in [0.25, 0.3) is 5.69 Å². The summed E-state index contributed by atoms with van der Waals surface area (Å²) >= 11 is 0. The van der Waals surface area contributed by atoms with Gasteiger partial charge in [0.1, 0.15) is 5.82 Å². The number of amides is 1. The van der Waals surface area contributed by atoms with Crippen molar-refractivity contribution in [3.63, 3.8) is 0 Å². The molecular formula is C25H27F2N3O3. The monoisotopic (exact) mass is 455 g/mol. The molecule has 0 N–H and O–H groups in total. The maximum atomic E-state index is 14.4. The van der Waals surface area contributed by atoms with Crippen LogP contribution < -0.4 is 4.74 Å². The zero-order chi connectivity index (χ0) is 23.4. The highest BCUT2D eigenvalue weighted by Crippen LogP contribution is 2.33. The third kappa shape index (κ3) is 5.22. The van der Waals surface area contributed by atoms with Gasteiger partial charge in [-0.15, -0.1) is 0 Å². The summed E-state index contributed by atoms with van der Waals surface area (Å²) < 4.78 is 41.2. The first-order chi connectivity index (χ1) is 16.0. The van der Waals surface area contributed by atoms with E-state index in [1.54, 1.807) is 9.58 Å². The fourth-order valence-electron chi connectivity index (χ4n) is 3.93. The zero-order valence-electron chi connectivity index (χ0n) is 18.8. The Labute approximate surface area is 191 Å². The van der Waals surface area contributed by atoms with Crippen molar-refractivity contribution in [1.82, 2.24) is 14.7 Å². The molecule has 0 aliphatic carbocycles. The van der Waals surface area contributed by atoms with E-state index in [0.717, 1.165) is 30.7 Å². The molecule has 1 aliphatic rings. The summed E-state index contributed by atoms with van der Waals surface area (Å²) in [5.41, 5.74) is 2.02. The van der Waals surface area contributed by atoms with E-state index >= 15 is 0 Å². The molecule has 2 aromatic carbocycles. The van der Waals surface area contributed by atoms with Crippen LogP contribution in [-0.4, -0.2) is 39.8 Å². The molecule has 1 amide bonds. The van der Waals surface area contributed by atoms with Gasteiger partial charge in [-0.05, 0) is 44.0 Å². The number of ether oxygens (including phenoxy) is 2. The number of halogens is 2. The van der Waals surface area contributed by atoms with Crippen molar-refractivity contribution in [1.29, 1.82) is 0 Å². The van der Waals surface area contributed by atoms with Crippen molar-refractivity contribution in [3.8, 4) is 17.3 Å². The molecule has 174 valence electrons. The van der Waals surface area contributed by atoms with Crippen molar-refractivity contribution in [2.75, 3.05) is 13.2 Å². The van der Waals surface area contributed by atoms with Crippen LogP contribution in [0.15, 0.2) is 48.5 Å². The van der Waals surface area contributed by atoms with Crippen LogP contribution in [0.2, 0.25) is 0 Å². The van der Waals surface area contributed by atoms with Crippen LogP contribution in [-0.2, 0) is 16.1 Å². The van der Waals surface area contributed by atoms with Crippen molar-refractivity contribution >= 4 is 5.91 Å². The summed E-state index contributed by atoms with van der Waals surface area (Å²) in [6.07, 6.45) is 2.22. The number of carbonyl (C=O) groups is 1. The molecule has 4 rings (SSSR count). The predicted octanol–water partition coefficient (Wildman–Crippen LogP) is 5.17. The van der Waals surface area contributed by atoms with Crippen LogP contribution >= 0.6 is 0 Å². The van der Waals surface area contributed by atoms with Crippen molar-refractivity contribution < 1.29 is 23.0 Å². The fraction of sp³-hybridized carbons (Fsp3) is 0.360. The number of hydrogen-bond acceptors (Lipinski definition) is 4. The lowest BCUT2D eigenvalue weighted by Gasteiger charge is -2.25. The number of nitrogens with zero attached hydrogens (tertiary/aromatic N) is 3. The highest BCUT2D eigenvalue weighted by atomic mass is 19.1. The number of aryl methyl sites for hydroxylation is 1. The van der Waals surface area contributed by atoms with Crippen LogP contribution in [0.1, 0.15) is 37.4 Å². The molecule has 8 heteroatoms. The quantitative estimate of drug-likeness (QED) is 0.470. The van der Waals surface area contributed by atoms with Crippen molar-refractivity contribution in [3.05, 3.63) is 71.4 Å². The fourth-order valence-corrected chi connectivity index (χ4v) is 3.93. The summed E-state index contributed by atoms with van der Waals surface area (Å²) in [7, 11) is 0. The Bertz CT molecular complexity index is 1110. The molecule has 0 spiro atoms. The topological polar surface area (TPSA) is 56.6 Å². The molecule has 0 bridgehead atoms. The lowest BCUT2D eigenvalue weighted by molar-refractivity contribution is -0.133. The standard InChI is InChI=1S/C25H27F2N3O3/c1-3-24(31)29(15-20-10-7-13-32-20)16-21-17(2)28-30(19-8-5-4-6-9-19)25(21)33-23-12-11-18(26)14-22(23)27/h4-6,8-9,11-12,14,20H,3,7,10,13,15-16H2,1-2H3. The van der Waals surface area contributed by atoms with Crippen LogP contribution in [0, 0.1) is 18.6 Å². The van der Waals surface area contributed by atoms with E-state index in [2.05, 4.69) is 5.10 Å². The summed E-state index contributed by atoms with van der Waals surface area (Å²) in [4.78, 5) is 14.5. The van der Waals surface area contributed by atoms with Gasteiger partial charge in [0, 0.05) is 25.6 Å². The third-order valence-electron chi connectivity index (χ3n) is 5.69. The van der Waals surface area contributed by atoms with E-state index < -0.39 is 11.6 Å². The van der Waals surface area contributed by atoms with Gasteiger partial charge >= 0.3 is 0 Å². The summed E-state index contributed by atoms with van der Waals surface area (Å²) in [6, 6.07) is 12.5. The van der Waals surface area contributed by atoms with Gasteiger partial charge in [0.15, 0.2) is 11.6 Å². The Hall–Kier alpha value is -3.26.